The Bertz CT molecular complexity index is 415. The summed E-state index contributed by atoms with van der Waals surface area (Å²) in [6, 6.07) is 8.37. The summed E-state index contributed by atoms with van der Waals surface area (Å²) in [6.07, 6.45) is 5.04. The molecule has 1 atom stereocenters. The van der Waals surface area contributed by atoms with Crippen molar-refractivity contribution in [2.24, 2.45) is 11.8 Å². The van der Waals surface area contributed by atoms with Crippen molar-refractivity contribution in [2.45, 2.75) is 39.0 Å². The molecule has 20 heavy (non-hydrogen) atoms. The lowest BCUT2D eigenvalue weighted by molar-refractivity contribution is -0.124. The van der Waals surface area contributed by atoms with Gasteiger partial charge in [-0.25, -0.2) is 0 Å². The molecule has 1 unspecified atom stereocenters. The van der Waals surface area contributed by atoms with Gasteiger partial charge in [0.05, 0.1) is 0 Å². The smallest absolute Gasteiger partial charge is 0.223 e. The summed E-state index contributed by atoms with van der Waals surface area (Å²) in [5.74, 6) is 1.52. The zero-order valence-corrected chi connectivity index (χ0v) is 13.0. The van der Waals surface area contributed by atoms with Crippen molar-refractivity contribution in [3.63, 3.8) is 0 Å². The Labute approximate surface area is 126 Å². The summed E-state index contributed by atoms with van der Waals surface area (Å²) in [5, 5.41) is 3.13. The predicted octanol–water partition coefficient (Wildman–Crippen LogP) is 3.56. The van der Waals surface area contributed by atoms with Gasteiger partial charge in [-0.2, -0.15) is 0 Å². The molecule has 1 aliphatic carbocycles. The zero-order chi connectivity index (χ0) is 14.4. The van der Waals surface area contributed by atoms with Crippen LogP contribution in [0.3, 0.4) is 0 Å². The maximum absolute atomic E-state index is 12.3. The van der Waals surface area contributed by atoms with E-state index in [9.17, 15) is 4.79 Å². The number of hydrogen-bond acceptors (Lipinski definition) is 1. The molecular formula is C17H24ClNO. The number of halogens is 1. The van der Waals surface area contributed by atoms with Crippen LogP contribution in [-0.4, -0.2) is 18.3 Å². The van der Waals surface area contributed by atoms with E-state index < -0.39 is 0 Å². The van der Waals surface area contributed by atoms with Crippen molar-refractivity contribution in [2.75, 3.05) is 12.4 Å². The van der Waals surface area contributed by atoms with Crippen LogP contribution in [0, 0.1) is 11.8 Å². The molecule has 0 heterocycles. The number of benzene rings is 1. The second-order valence-electron chi connectivity index (χ2n) is 5.75. The van der Waals surface area contributed by atoms with Gasteiger partial charge in [-0.15, -0.1) is 11.6 Å². The van der Waals surface area contributed by atoms with Crippen LogP contribution in [-0.2, 0) is 17.6 Å². The van der Waals surface area contributed by atoms with Gasteiger partial charge < -0.3 is 5.32 Å². The minimum Gasteiger partial charge on any atom is -0.356 e. The van der Waals surface area contributed by atoms with Gasteiger partial charge in [-0.05, 0) is 42.7 Å². The van der Waals surface area contributed by atoms with Gasteiger partial charge >= 0.3 is 0 Å². The first-order chi connectivity index (χ1) is 9.74. The number of carbonyl (C=O) groups is 1. The van der Waals surface area contributed by atoms with E-state index in [1.807, 2.05) is 0 Å². The maximum atomic E-state index is 12.3. The third kappa shape index (κ3) is 3.99. The molecule has 0 spiro atoms. The molecule has 0 fully saturated rings. The zero-order valence-electron chi connectivity index (χ0n) is 12.2. The first-order valence-corrected chi connectivity index (χ1v) is 8.18. The van der Waals surface area contributed by atoms with E-state index in [1.54, 1.807) is 0 Å². The summed E-state index contributed by atoms with van der Waals surface area (Å²) >= 11 is 5.82. The van der Waals surface area contributed by atoms with Crippen molar-refractivity contribution in [1.82, 2.24) is 5.32 Å². The lowest BCUT2D eigenvalue weighted by Crippen LogP contribution is -2.35. The fourth-order valence-corrected chi connectivity index (χ4v) is 3.35. The van der Waals surface area contributed by atoms with Crippen LogP contribution in [0.4, 0.5) is 0 Å². The predicted molar refractivity (Wildman–Crippen MR) is 84.1 cm³/mol. The van der Waals surface area contributed by atoms with E-state index in [0.717, 1.165) is 38.6 Å². The molecule has 0 saturated carbocycles. The number of carbonyl (C=O) groups excluding carboxylic acids is 1. The minimum atomic E-state index is 0.116. The van der Waals surface area contributed by atoms with Crippen molar-refractivity contribution in [3.8, 4) is 0 Å². The molecule has 0 bridgehead atoms. The molecule has 0 aliphatic heterocycles. The van der Waals surface area contributed by atoms with E-state index in [2.05, 4.69) is 36.5 Å². The average molecular weight is 294 g/mol. The number of alkyl halides is 1. The topological polar surface area (TPSA) is 29.1 Å². The van der Waals surface area contributed by atoms with Crippen LogP contribution in [0.5, 0.6) is 0 Å². The van der Waals surface area contributed by atoms with Crippen LogP contribution in [0.1, 0.15) is 37.3 Å². The van der Waals surface area contributed by atoms with Crippen molar-refractivity contribution in [3.05, 3.63) is 35.4 Å². The summed E-state index contributed by atoms with van der Waals surface area (Å²) in [5.41, 5.74) is 2.66. The molecule has 110 valence electrons. The normalized spacial score (nSPS) is 15.9. The fourth-order valence-electron chi connectivity index (χ4n) is 3.04. The molecule has 0 radical (unpaired) electrons. The lowest BCUT2D eigenvalue weighted by atomic mass is 9.99. The second-order valence-corrected chi connectivity index (χ2v) is 6.13. The highest BCUT2D eigenvalue weighted by Gasteiger charge is 2.27. The van der Waals surface area contributed by atoms with E-state index in [4.69, 9.17) is 11.6 Å². The standard InChI is InChI=1S/C17H24ClNO/c1-2-5-13(8-9-18)12-19-17(20)16-10-14-6-3-4-7-15(14)11-16/h3-4,6-7,13,16H,2,5,8-12H2,1H3,(H,19,20). The number of amides is 1. The molecule has 0 saturated heterocycles. The van der Waals surface area contributed by atoms with Crippen molar-refractivity contribution >= 4 is 17.5 Å². The van der Waals surface area contributed by atoms with Crippen LogP contribution in [0.25, 0.3) is 0 Å². The van der Waals surface area contributed by atoms with Gasteiger partial charge in [-0.1, -0.05) is 37.6 Å². The average Bonchev–Trinajstić information content (AvgIpc) is 2.89. The number of nitrogens with one attached hydrogen (secondary N) is 1. The van der Waals surface area contributed by atoms with Gasteiger partial charge in [0.25, 0.3) is 0 Å². The highest BCUT2D eigenvalue weighted by Crippen LogP contribution is 2.26. The Kier molecular flexibility index (Phi) is 5.90. The molecule has 3 heteroatoms. The third-order valence-electron chi connectivity index (χ3n) is 4.20. The highest BCUT2D eigenvalue weighted by molar-refractivity contribution is 6.17. The van der Waals surface area contributed by atoms with E-state index in [1.165, 1.54) is 11.1 Å². The van der Waals surface area contributed by atoms with Crippen LogP contribution < -0.4 is 5.32 Å². The fraction of sp³-hybridized carbons (Fsp3) is 0.588. The van der Waals surface area contributed by atoms with Gasteiger partial charge in [0.15, 0.2) is 0 Å². The Hall–Kier alpha value is -1.02. The number of rotatable bonds is 7. The molecular weight excluding hydrogens is 270 g/mol. The van der Waals surface area contributed by atoms with Gasteiger partial charge in [-0.3, -0.25) is 4.79 Å². The Balaban J connectivity index is 1.81. The SMILES string of the molecule is CCCC(CCCl)CNC(=O)C1Cc2ccccc2C1. The second kappa shape index (κ2) is 7.68. The van der Waals surface area contributed by atoms with Gasteiger partial charge in [0, 0.05) is 18.3 Å². The summed E-state index contributed by atoms with van der Waals surface area (Å²) in [6.45, 7) is 2.95. The first kappa shape index (κ1) is 15.4. The lowest BCUT2D eigenvalue weighted by Gasteiger charge is -2.17. The number of hydrogen-bond donors (Lipinski definition) is 1. The number of fused-ring (bicyclic) bond motifs is 1. The molecule has 2 nitrogen and oxygen atoms in total. The Morgan fingerprint density at radius 2 is 1.95 bits per heavy atom. The van der Waals surface area contributed by atoms with Gasteiger partial charge in [0.2, 0.25) is 5.91 Å². The largest absolute Gasteiger partial charge is 0.356 e. The highest BCUT2D eigenvalue weighted by atomic mass is 35.5. The Morgan fingerprint density at radius 3 is 2.50 bits per heavy atom. The molecule has 0 aromatic heterocycles. The quantitative estimate of drug-likeness (QED) is 0.765. The summed E-state index contributed by atoms with van der Waals surface area (Å²) < 4.78 is 0. The molecule has 1 amide bonds. The molecule has 1 aliphatic rings. The third-order valence-corrected chi connectivity index (χ3v) is 4.42. The van der Waals surface area contributed by atoms with Crippen molar-refractivity contribution in [1.29, 1.82) is 0 Å². The Morgan fingerprint density at radius 1 is 1.30 bits per heavy atom. The van der Waals surface area contributed by atoms with Crippen LogP contribution >= 0.6 is 11.6 Å². The van der Waals surface area contributed by atoms with Crippen LogP contribution in [0.15, 0.2) is 24.3 Å². The van der Waals surface area contributed by atoms with Gasteiger partial charge in [0.1, 0.15) is 0 Å². The molecule has 2 rings (SSSR count). The van der Waals surface area contributed by atoms with Crippen LogP contribution in [0.2, 0.25) is 0 Å². The molecule has 1 aromatic rings. The maximum Gasteiger partial charge on any atom is 0.223 e. The molecule has 1 N–H and O–H groups in total. The first-order valence-electron chi connectivity index (χ1n) is 7.65. The minimum absolute atomic E-state index is 0.116. The van der Waals surface area contributed by atoms with Crippen molar-refractivity contribution < 1.29 is 4.79 Å². The van der Waals surface area contributed by atoms with E-state index in [-0.39, 0.29) is 11.8 Å². The van der Waals surface area contributed by atoms with E-state index >= 15 is 0 Å². The van der Waals surface area contributed by atoms with E-state index in [0.29, 0.717) is 11.8 Å². The molecule has 1 aromatic carbocycles. The monoisotopic (exact) mass is 293 g/mol. The summed E-state index contributed by atoms with van der Waals surface area (Å²) in [7, 11) is 0. The summed E-state index contributed by atoms with van der Waals surface area (Å²) in [4.78, 5) is 12.3.